The predicted octanol–water partition coefficient (Wildman–Crippen LogP) is 1.63. The van der Waals surface area contributed by atoms with Gasteiger partial charge in [0.15, 0.2) is 5.76 Å². The summed E-state index contributed by atoms with van der Waals surface area (Å²) in [5.74, 6) is -3.37. The Morgan fingerprint density at radius 1 is 1.05 bits per heavy atom. The molecule has 1 aromatic heterocycles. The molecule has 0 saturated heterocycles. The zero-order valence-corrected chi connectivity index (χ0v) is 9.44. The summed E-state index contributed by atoms with van der Waals surface area (Å²) in [4.78, 5) is 22.9. The number of nitrogens with one attached hydrogen (secondary N) is 2. The van der Waals surface area contributed by atoms with Crippen LogP contribution in [0.3, 0.4) is 0 Å². The van der Waals surface area contributed by atoms with Crippen LogP contribution in [0.5, 0.6) is 0 Å². The minimum atomic E-state index is -0.975. The second-order valence-corrected chi connectivity index (χ2v) is 3.51. The molecule has 5 nitrogen and oxygen atoms in total. The third-order valence-corrected chi connectivity index (χ3v) is 2.21. The van der Waals surface area contributed by atoms with E-state index in [1.54, 1.807) is 0 Å². The van der Waals surface area contributed by atoms with E-state index >= 15 is 0 Å². The maximum atomic E-state index is 13.3. The molecule has 2 rings (SSSR count). The quantitative estimate of drug-likeness (QED) is 0.811. The standard InChI is InChI=1S/C12H8F2N2O3/c13-7-3-4-9(14)8(6-7)11(17)15-16-12(18)10-2-1-5-19-10/h1-6H,(H,15,17)(H,16,18). The Kier molecular flexibility index (Phi) is 3.56. The number of carbonyl (C=O) groups is 2. The highest BCUT2D eigenvalue weighted by molar-refractivity contribution is 5.98. The van der Waals surface area contributed by atoms with Crippen LogP contribution in [-0.2, 0) is 0 Å². The van der Waals surface area contributed by atoms with Crippen molar-refractivity contribution in [2.24, 2.45) is 0 Å². The van der Waals surface area contributed by atoms with Gasteiger partial charge in [-0.1, -0.05) is 0 Å². The van der Waals surface area contributed by atoms with Crippen molar-refractivity contribution in [3.05, 3.63) is 59.6 Å². The molecule has 0 radical (unpaired) electrons. The Morgan fingerprint density at radius 3 is 2.47 bits per heavy atom. The van der Waals surface area contributed by atoms with Crippen molar-refractivity contribution in [1.82, 2.24) is 10.9 Å². The van der Waals surface area contributed by atoms with E-state index in [2.05, 4.69) is 0 Å². The number of carbonyl (C=O) groups excluding carboxylic acids is 2. The first kappa shape index (κ1) is 12.7. The molecule has 2 amide bonds. The fourth-order valence-corrected chi connectivity index (χ4v) is 1.32. The van der Waals surface area contributed by atoms with Gasteiger partial charge in [0.25, 0.3) is 5.91 Å². The molecule has 2 aromatic rings. The van der Waals surface area contributed by atoms with Crippen molar-refractivity contribution in [2.45, 2.75) is 0 Å². The summed E-state index contributed by atoms with van der Waals surface area (Å²) in [6.07, 6.45) is 1.28. The number of benzene rings is 1. The van der Waals surface area contributed by atoms with Gasteiger partial charge < -0.3 is 4.42 Å². The molecule has 0 unspecified atom stereocenters. The highest BCUT2D eigenvalue weighted by atomic mass is 19.1. The molecule has 0 aliphatic rings. The van der Waals surface area contributed by atoms with Gasteiger partial charge in [-0.2, -0.15) is 0 Å². The van der Waals surface area contributed by atoms with E-state index in [0.29, 0.717) is 0 Å². The van der Waals surface area contributed by atoms with E-state index in [0.717, 1.165) is 18.2 Å². The Bertz CT molecular complexity index is 611. The topological polar surface area (TPSA) is 71.3 Å². The van der Waals surface area contributed by atoms with Gasteiger partial charge in [0.1, 0.15) is 11.6 Å². The third kappa shape index (κ3) is 2.95. The molecule has 2 N–H and O–H groups in total. The van der Waals surface area contributed by atoms with Crippen LogP contribution in [0, 0.1) is 11.6 Å². The van der Waals surface area contributed by atoms with E-state index in [4.69, 9.17) is 4.42 Å². The molecule has 0 saturated carbocycles. The molecule has 0 aliphatic heterocycles. The van der Waals surface area contributed by atoms with Gasteiger partial charge in [0, 0.05) is 0 Å². The monoisotopic (exact) mass is 266 g/mol. The van der Waals surface area contributed by atoms with Crippen molar-refractivity contribution in [3.63, 3.8) is 0 Å². The summed E-state index contributed by atoms with van der Waals surface area (Å²) >= 11 is 0. The molecule has 0 spiro atoms. The van der Waals surface area contributed by atoms with Crippen molar-refractivity contribution in [3.8, 4) is 0 Å². The summed E-state index contributed by atoms with van der Waals surface area (Å²) < 4.78 is 30.9. The van der Waals surface area contributed by atoms with Gasteiger partial charge in [0.05, 0.1) is 11.8 Å². The van der Waals surface area contributed by atoms with Crippen LogP contribution in [0.15, 0.2) is 41.0 Å². The van der Waals surface area contributed by atoms with Crippen molar-refractivity contribution < 1.29 is 22.8 Å². The van der Waals surface area contributed by atoms with Crippen molar-refractivity contribution >= 4 is 11.8 Å². The lowest BCUT2D eigenvalue weighted by Gasteiger charge is -2.06. The zero-order chi connectivity index (χ0) is 13.8. The number of hydrogen-bond acceptors (Lipinski definition) is 3. The van der Waals surface area contributed by atoms with Crippen LogP contribution in [0.4, 0.5) is 8.78 Å². The van der Waals surface area contributed by atoms with Crippen LogP contribution in [0.25, 0.3) is 0 Å². The lowest BCUT2D eigenvalue weighted by molar-refractivity contribution is 0.0828. The van der Waals surface area contributed by atoms with Gasteiger partial charge in [-0.3, -0.25) is 20.4 Å². The highest BCUT2D eigenvalue weighted by Gasteiger charge is 2.14. The van der Waals surface area contributed by atoms with Gasteiger partial charge >= 0.3 is 5.91 Å². The molecule has 0 fully saturated rings. The van der Waals surface area contributed by atoms with Gasteiger partial charge in [0.2, 0.25) is 0 Å². The molecule has 98 valence electrons. The van der Waals surface area contributed by atoms with Gasteiger partial charge in [-0.25, -0.2) is 8.78 Å². The van der Waals surface area contributed by atoms with Crippen molar-refractivity contribution in [2.75, 3.05) is 0 Å². The van der Waals surface area contributed by atoms with Crippen molar-refractivity contribution in [1.29, 1.82) is 0 Å². The number of amides is 2. The minimum absolute atomic E-state index is 0.0278. The molecule has 0 bridgehead atoms. The Labute approximate surface area is 106 Å². The molecule has 7 heteroatoms. The molecule has 0 atom stereocenters. The minimum Gasteiger partial charge on any atom is -0.459 e. The van der Waals surface area contributed by atoms with E-state index in [9.17, 15) is 18.4 Å². The molecule has 1 heterocycles. The number of hydrogen-bond donors (Lipinski definition) is 2. The summed E-state index contributed by atoms with van der Waals surface area (Å²) in [6, 6.07) is 5.29. The second kappa shape index (κ2) is 5.30. The Morgan fingerprint density at radius 2 is 1.79 bits per heavy atom. The normalized spacial score (nSPS) is 10.0. The second-order valence-electron chi connectivity index (χ2n) is 3.51. The third-order valence-electron chi connectivity index (χ3n) is 2.21. The number of rotatable bonds is 2. The largest absolute Gasteiger partial charge is 0.459 e. The maximum absolute atomic E-state index is 13.3. The fourth-order valence-electron chi connectivity index (χ4n) is 1.32. The first-order valence-electron chi connectivity index (χ1n) is 5.17. The number of furan rings is 1. The number of halogens is 2. The molecule has 0 aliphatic carbocycles. The summed E-state index contributed by atoms with van der Waals surface area (Å²) in [5.41, 5.74) is 3.44. The van der Waals surface area contributed by atoms with E-state index in [1.807, 2.05) is 10.9 Å². The molecule has 19 heavy (non-hydrogen) atoms. The van der Waals surface area contributed by atoms with E-state index in [-0.39, 0.29) is 5.76 Å². The molecule has 1 aromatic carbocycles. The first-order valence-corrected chi connectivity index (χ1v) is 5.17. The lowest BCUT2D eigenvalue weighted by Crippen LogP contribution is -2.41. The smallest absolute Gasteiger partial charge is 0.305 e. The fraction of sp³-hybridized carbons (Fsp3) is 0. The summed E-state index contributed by atoms with van der Waals surface area (Å²) in [6.45, 7) is 0. The molecular weight excluding hydrogens is 258 g/mol. The zero-order valence-electron chi connectivity index (χ0n) is 9.44. The highest BCUT2D eigenvalue weighted by Crippen LogP contribution is 2.09. The van der Waals surface area contributed by atoms with Crippen LogP contribution >= 0.6 is 0 Å². The summed E-state index contributed by atoms with van der Waals surface area (Å²) in [7, 11) is 0. The first-order chi connectivity index (χ1) is 9.08. The van der Waals surface area contributed by atoms with Crippen LogP contribution in [0.2, 0.25) is 0 Å². The number of hydrazine groups is 1. The predicted molar refractivity (Wildman–Crippen MR) is 60.0 cm³/mol. The van der Waals surface area contributed by atoms with Gasteiger partial charge in [-0.05, 0) is 30.3 Å². The van der Waals surface area contributed by atoms with Crippen LogP contribution < -0.4 is 10.9 Å². The average molecular weight is 266 g/mol. The van der Waals surface area contributed by atoms with E-state index in [1.165, 1.54) is 18.4 Å². The molecular formula is C12H8F2N2O3. The average Bonchev–Trinajstić information content (AvgIpc) is 2.92. The Hall–Kier alpha value is -2.70. The van der Waals surface area contributed by atoms with Crippen LogP contribution in [0.1, 0.15) is 20.9 Å². The SMILES string of the molecule is O=C(NNC(=O)c1cc(F)ccc1F)c1ccco1. The van der Waals surface area contributed by atoms with Gasteiger partial charge in [-0.15, -0.1) is 0 Å². The Balaban J connectivity index is 2.02. The van der Waals surface area contributed by atoms with Crippen LogP contribution in [-0.4, -0.2) is 11.8 Å². The lowest BCUT2D eigenvalue weighted by atomic mass is 10.2. The maximum Gasteiger partial charge on any atom is 0.305 e. The van der Waals surface area contributed by atoms with E-state index < -0.39 is 29.0 Å². The summed E-state index contributed by atoms with van der Waals surface area (Å²) in [5, 5.41) is 0.